The van der Waals surface area contributed by atoms with Crippen molar-refractivity contribution in [3.8, 4) is 0 Å². The van der Waals surface area contributed by atoms with Gasteiger partial charge in [0.15, 0.2) is 0 Å². The third-order valence-corrected chi connectivity index (χ3v) is 3.93. The topological polar surface area (TPSA) is 29.3 Å². The first-order valence-corrected chi connectivity index (χ1v) is 6.55. The number of hydrogen-bond donors (Lipinski definition) is 1. The van der Waals surface area contributed by atoms with Crippen LogP contribution in [-0.4, -0.2) is 23.0 Å². The molecule has 1 aromatic heterocycles. The molecule has 0 unspecified atom stereocenters. The van der Waals surface area contributed by atoms with E-state index in [9.17, 15) is 0 Å². The molecule has 0 radical (unpaired) electrons. The molecule has 0 atom stereocenters. The molecular formula is C12H20N2S. The minimum Gasteiger partial charge on any atom is -0.329 e. The van der Waals surface area contributed by atoms with Crippen molar-refractivity contribution in [2.24, 2.45) is 5.73 Å². The van der Waals surface area contributed by atoms with Crippen molar-refractivity contribution >= 4 is 11.3 Å². The summed E-state index contributed by atoms with van der Waals surface area (Å²) in [7, 11) is 0. The largest absolute Gasteiger partial charge is 0.329 e. The van der Waals surface area contributed by atoms with E-state index in [1.165, 1.54) is 18.4 Å². The zero-order valence-corrected chi connectivity index (χ0v) is 10.4. The zero-order chi connectivity index (χ0) is 10.9. The Bertz CT molecular complexity index is 301. The number of thiophene rings is 1. The maximum Gasteiger partial charge on any atom is 0.0281 e. The lowest BCUT2D eigenvalue weighted by Gasteiger charge is -2.38. The predicted molar refractivity (Wildman–Crippen MR) is 66.0 cm³/mol. The van der Waals surface area contributed by atoms with E-state index in [1.54, 1.807) is 11.3 Å². The summed E-state index contributed by atoms with van der Waals surface area (Å²) in [6.07, 6.45) is 2.68. The number of hydrogen-bond acceptors (Lipinski definition) is 3. The molecule has 1 saturated carbocycles. The molecule has 2 rings (SSSR count). The second-order valence-corrected chi connectivity index (χ2v) is 5.79. The first-order chi connectivity index (χ1) is 7.13. The Morgan fingerprint density at radius 2 is 2.27 bits per heavy atom. The summed E-state index contributed by atoms with van der Waals surface area (Å²) in [6, 6.07) is 2.98. The molecule has 0 bridgehead atoms. The standard InChI is InChI=1S/C12H20N2S/c1-12(2,9-13)14(11-3-4-11)7-10-5-6-15-8-10/h5-6,8,11H,3-4,7,9,13H2,1-2H3. The molecule has 1 fully saturated rings. The number of nitrogens with two attached hydrogens (primary N) is 1. The Kier molecular flexibility index (Phi) is 3.14. The minimum atomic E-state index is 0.128. The summed E-state index contributed by atoms with van der Waals surface area (Å²) in [4.78, 5) is 2.56. The fraction of sp³-hybridized carbons (Fsp3) is 0.667. The van der Waals surface area contributed by atoms with E-state index in [0.717, 1.165) is 19.1 Å². The minimum absolute atomic E-state index is 0.128. The quantitative estimate of drug-likeness (QED) is 0.832. The predicted octanol–water partition coefficient (Wildman–Crippen LogP) is 2.45. The van der Waals surface area contributed by atoms with Crippen molar-refractivity contribution in [1.82, 2.24) is 4.90 Å². The molecule has 0 aromatic carbocycles. The Hall–Kier alpha value is -0.380. The highest BCUT2D eigenvalue weighted by atomic mass is 32.1. The fourth-order valence-corrected chi connectivity index (χ4v) is 2.58. The van der Waals surface area contributed by atoms with E-state index < -0.39 is 0 Å². The molecule has 2 nitrogen and oxygen atoms in total. The SMILES string of the molecule is CC(C)(CN)N(Cc1ccsc1)C1CC1. The lowest BCUT2D eigenvalue weighted by Crippen LogP contribution is -2.49. The lowest BCUT2D eigenvalue weighted by molar-refractivity contribution is 0.108. The van der Waals surface area contributed by atoms with Gasteiger partial charge in [0.2, 0.25) is 0 Å². The maximum absolute atomic E-state index is 5.86. The summed E-state index contributed by atoms with van der Waals surface area (Å²) in [5.74, 6) is 0. The summed E-state index contributed by atoms with van der Waals surface area (Å²) in [6.45, 7) is 6.28. The Morgan fingerprint density at radius 3 is 2.73 bits per heavy atom. The maximum atomic E-state index is 5.86. The van der Waals surface area contributed by atoms with Crippen LogP contribution in [0.4, 0.5) is 0 Å². The average Bonchev–Trinajstić information content (AvgIpc) is 2.92. The fourth-order valence-electron chi connectivity index (χ4n) is 1.92. The molecular weight excluding hydrogens is 204 g/mol. The zero-order valence-electron chi connectivity index (χ0n) is 9.57. The van der Waals surface area contributed by atoms with Gasteiger partial charge in [-0.05, 0) is 49.1 Å². The molecule has 15 heavy (non-hydrogen) atoms. The Morgan fingerprint density at radius 1 is 1.53 bits per heavy atom. The Labute approximate surface area is 96.1 Å². The second-order valence-electron chi connectivity index (χ2n) is 5.01. The highest BCUT2D eigenvalue weighted by Gasteiger charge is 2.37. The molecule has 1 aliphatic carbocycles. The summed E-state index contributed by atoms with van der Waals surface area (Å²) in [5.41, 5.74) is 7.42. The van der Waals surface area contributed by atoms with E-state index in [4.69, 9.17) is 5.73 Å². The van der Waals surface area contributed by atoms with Gasteiger partial charge in [-0.15, -0.1) is 0 Å². The molecule has 1 aromatic rings. The van der Waals surface area contributed by atoms with Crippen LogP contribution in [0.15, 0.2) is 16.8 Å². The van der Waals surface area contributed by atoms with E-state index in [-0.39, 0.29) is 5.54 Å². The normalized spacial score (nSPS) is 17.3. The van der Waals surface area contributed by atoms with Gasteiger partial charge in [-0.3, -0.25) is 4.90 Å². The van der Waals surface area contributed by atoms with Crippen LogP contribution in [-0.2, 0) is 6.54 Å². The third kappa shape index (κ3) is 2.60. The van der Waals surface area contributed by atoms with Gasteiger partial charge < -0.3 is 5.73 Å². The van der Waals surface area contributed by atoms with Gasteiger partial charge in [0.05, 0.1) is 0 Å². The van der Waals surface area contributed by atoms with Gasteiger partial charge in [0.1, 0.15) is 0 Å². The number of rotatable bonds is 5. The van der Waals surface area contributed by atoms with Crippen LogP contribution < -0.4 is 5.73 Å². The van der Waals surface area contributed by atoms with Crippen LogP contribution >= 0.6 is 11.3 Å². The van der Waals surface area contributed by atoms with Crippen molar-refractivity contribution in [3.63, 3.8) is 0 Å². The van der Waals surface area contributed by atoms with Gasteiger partial charge in [-0.1, -0.05) is 0 Å². The highest BCUT2D eigenvalue weighted by molar-refractivity contribution is 7.07. The van der Waals surface area contributed by atoms with Gasteiger partial charge in [-0.25, -0.2) is 0 Å². The summed E-state index contributed by atoms with van der Waals surface area (Å²) >= 11 is 1.77. The molecule has 2 N–H and O–H groups in total. The molecule has 0 amide bonds. The molecule has 0 spiro atoms. The van der Waals surface area contributed by atoms with E-state index >= 15 is 0 Å². The van der Waals surface area contributed by atoms with Gasteiger partial charge in [-0.2, -0.15) is 11.3 Å². The van der Waals surface area contributed by atoms with Crippen LogP contribution in [0.3, 0.4) is 0 Å². The first kappa shape index (κ1) is 11.1. The third-order valence-electron chi connectivity index (χ3n) is 3.20. The van der Waals surface area contributed by atoms with E-state index in [0.29, 0.717) is 0 Å². The molecule has 0 aliphatic heterocycles. The van der Waals surface area contributed by atoms with Crippen molar-refractivity contribution in [2.75, 3.05) is 6.54 Å². The van der Waals surface area contributed by atoms with Gasteiger partial charge in [0, 0.05) is 24.7 Å². The molecule has 1 aliphatic rings. The van der Waals surface area contributed by atoms with Crippen molar-refractivity contribution < 1.29 is 0 Å². The van der Waals surface area contributed by atoms with Gasteiger partial charge in [0.25, 0.3) is 0 Å². The second kappa shape index (κ2) is 4.24. The van der Waals surface area contributed by atoms with Crippen LogP contribution in [0.5, 0.6) is 0 Å². The average molecular weight is 224 g/mol. The van der Waals surface area contributed by atoms with E-state index in [2.05, 4.69) is 35.6 Å². The monoisotopic (exact) mass is 224 g/mol. The van der Waals surface area contributed by atoms with Crippen LogP contribution in [0.25, 0.3) is 0 Å². The highest BCUT2D eigenvalue weighted by Crippen LogP contribution is 2.34. The molecule has 84 valence electrons. The van der Waals surface area contributed by atoms with Crippen molar-refractivity contribution in [2.45, 2.75) is 44.8 Å². The molecule has 3 heteroatoms. The van der Waals surface area contributed by atoms with Crippen LogP contribution in [0, 0.1) is 0 Å². The van der Waals surface area contributed by atoms with E-state index in [1.807, 2.05) is 0 Å². The first-order valence-electron chi connectivity index (χ1n) is 5.61. The Balaban J connectivity index is 2.07. The van der Waals surface area contributed by atoms with Crippen LogP contribution in [0.1, 0.15) is 32.3 Å². The molecule has 0 saturated heterocycles. The lowest BCUT2D eigenvalue weighted by atomic mass is 10.0. The summed E-state index contributed by atoms with van der Waals surface area (Å²) in [5, 5.41) is 4.39. The van der Waals surface area contributed by atoms with Crippen LogP contribution in [0.2, 0.25) is 0 Å². The van der Waals surface area contributed by atoms with Gasteiger partial charge >= 0.3 is 0 Å². The van der Waals surface area contributed by atoms with Crippen molar-refractivity contribution in [3.05, 3.63) is 22.4 Å². The van der Waals surface area contributed by atoms with Crippen molar-refractivity contribution in [1.29, 1.82) is 0 Å². The molecule has 1 heterocycles. The summed E-state index contributed by atoms with van der Waals surface area (Å²) < 4.78 is 0. The number of nitrogens with zero attached hydrogens (tertiary/aromatic N) is 1. The smallest absolute Gasteiger partial charge is 0.0281 e.